The van der Waals surface area contributed by atoms with Gasteiger partial charge in [0.15, 0.2) is 5.75 Å². The van der Waals surface area contributed by atoms with Crippen LogP contribution < -0.4 is 20.3 Å². The lowest BCUT2D eigenvalue weighted by Crippen LogP contribution is -2.43. The molecule has 3 aromatic rings. The number of pyridine rings is 3. The van der Waals surface area contributed by atoms with Crippen LogP contribution in [-0.2, 0) is 13.1 Å². The van der Waals surface area contributed by atoms with Gasteiger partial charge in [0.1, 0.15) is 13.2 Å². The van der Waals surface area contributed by atoms with Gasteiger partial charge in [-0.1, -0.05) is 0 Å². The number of aromatic nitrogens is 3. The van der Waals surface area contributed by atoms with Crippen molar-refractivity contribution in [2.45, 2.75) is 38.9 Å². The number of aryl methyl sites for hydroxylation is 1. The zero-order valence-electron chi connectivity index (χ0n) is 18.4. The van der Waals surface area contributed by atoms with Crippen molar-refractivity contribution in [2.75, 3.05) is 32.8 Å². The van der Waals surface area contributed by atoms with Crippen molar-refractivity contribution in [2.24, 2.45) is 0 Å². The molecule has 0 bridgehead atoms. The van der Waals surface area contributed by atoms with Crippen LogP contribution in [0.25, 0.3) is 11.0 Å². The van der Waals surface area contributed by atoms with E-state index in [2.05, 4.69) is 20.2 Å². The Morgan fingerprint density at radius 3 is 2.78 bits per heavy atom. The van der Waals surface area contributed by atoms with Gasteiger partial charge in [-0.2, -0.15) is 0 Å². The highest BCUT2D eigenvalue weighted by atomic mass is 16.6. The van der Waals surface area contributed by atoms with E-state index in [9.17, 15) is 4.79 Å². The predicted molar refractivity (Wildman–Crippen MR) is 122 cm³/mol. The summed E-state index contributed by atoms with van der Waals surface area (Å²) in [5.41, 5.74) is 4.00. The highest BCUT2D eigenvalue weighted by Crippen LogP contribution is 2.28. The van der Waals surface area contributed by atoms with E-state index in [4.69, 9.17) is 9.47 Å². The molecule has 5 heterocycles. The van der Waals surface area contributed by atoms with Crippen molar-refractivity contribution in [1.29, 1.82) is 0 Å². The third-order valence-electron chi connectivity index (χ3n) is 6.25. The number of piperidine rings is 1. The molecule has 2 aliphatic rings. The largest absolute Gasteiger partial charge is 0.484 e. The van der Waals surface area contributed by atoms with Gasteiger partial charge in [0.05, 0.1) is 11.0 Å². The Hall–Kier alpha value is -2.97. The highest BCUT2D eigenvalue weighted by molar-refractivity contribution is 5.74. The standard InChI is InChI=1S/C24H29N5O3/c1-17-12-21-20(26-14-17)2-3-23(30)29(21)9-8-28-6-4-19(5-7-28)25-15-18-13-22-24(27-16-18)32-11-10-31-22/h2-3,12-14,16,19,25H,4-11,15H2,1H3. The van der Waals surface area contributed by atoms with Crippen molar-refractivity contribution >= 4 is 11.0 Å². The van der Waals surface area contributed by atoms with Gasteiger partial charge in [0.2, 0.25) is 0 Å². The molecule has 0 aliphatic carbocycles. The molecule has 8 nitrogen and oxygen atoms in total. The summed E-state index contributed by atoms with van der Waals surface area (Å²) < 4.78 is 13.0. The smallest absolute Gasteiger partial charge is 0.257 e. The zero-order chi connectivity index (χ0) is 21.9. The summed E-state index contributed by atoms with van der Waals surface area (Å²) in [4.78, 5) is 23.7. The van der Waals surface area contributed by atoms with E-state index in [0.717, 1.165) is 66.9 Å². The van der Waals surface area contributed by atoms with Gasteiger partial charge in [-0.05, 0) is 62.2 Å². The first-order chi connectivity index (χ1) is 15.7. The first kappa shape index (κ1) is 20.9. The lowest BCUT2D eigenvalue weighted by molar-refractivity contribution is 0.164. The molecule has 0 atom stereocenters. The first-order valence-corrected chi connectivity index (χ1v) is 11.3. The zero-order valence-corrected chi connectivity index (χ0v) is 18.4. The van der Waals surface area contributed by atoms with Gasteiger partial charge in [-0.15, -0.1) is 0 Å². The third-order valence-corrected chi connectivity index (χ3v) is 6.25. The van der Waals surface area contributed by atoms with Crippen molar-refractivity contribution in [1.82, 2.24) is 24.8 Å². The van der Waals surface area contributed by atoms with Gasteiger partial charge >= 0.3 is 0 Å². The molecule has 1 saturated heterocycles. The lowest BCUT2D eigenvalue weighted by atomic mass is 10.0. The maximum Gasteiger partial charge on any atom is 0.257 e. The summed E-state index contributed by atoms with van der Waals surface area (Å²) in [6.07, 6.45) is 5.87. The van der Waals surface area contributed by atoms with Crippen molar-refractivity contribution in [3.05, 3.63) is 58.1 Å². The summed E-state index contributed by atoms with van der Waals surface area (Å²) in [5, 5.41) is 3.65. The molecular formula is C24H29N5O3. The Morgan fingerprint density at radius 2 is 1.91 bits per heavy atom. The minimum atomic E-state index is 0.0366. The predicted octanol–water partition coefficient (Wildman–Crippen LogP) is 2.13. The monoisotopic (exact) mass is 435 g/mol. The van der Waals surface area contributed by atoms with E-state index >= 15 is 0 Å². The molecule has 8 heteroatoms. The number of ether oxygens (including phenoxy) is 2. The molecule has 168 valence electrons. The number of nitrogens with zero attached hydrogens (tertiary/aromatic N) is 4. The average Bonchev–Trinajstić information content (AvgIpc) is 2.82. The van der Waals surface area contributed by atoms with Crippen molar-refractivity contribution in [3.8, 4) is 11.6 Å². The van der Waals surface area contributed by atoms with Gasteiger partial charge < -0.3 is 24.3 Å². The number of nitrogens with one attached hydrogen (secondary N) is 1. The molecule has 0 unspecified atom stereocenters. The summed E-state index contributed by atoms with van der Waals surface area (Å²) in [7, 11) is 0. The number of rotatable bonds is 6. The summed E-state index contributed by atoms with van der Waals surface area (Å²) in [6, 6.07) is 7.97. The number of fused-ring (bicyclic) bond motifs is 2. The normalized spacial score (nSPS) is 17.0. The van der Waals surface area contributed by atoms with Gasteiger partial charge in [-0.3, -0.25) is 9.78 Å². The van der Waals surface area contributed by atoms with Crippen molar-refractivity contribution in [3.63, 3.8) is 0 Å². The highest BCUT2D eigenvalue weighted by Gasteiger charge is 2.20. The molecule has 0 saturated carbocycles. The molecule has 0 aromatic carbocycles. The quantitative estimate of drug-likeness (QED) is 0.635. The third kappa shape index (κ3) is 4.61. The van der Waals surface area contributed by atoms with Crippen LogP contribution in [0.4, 0.5) is 0 Å². The Balaban J connectivity index is 1.13. The van der Waals surface area contributed by atoms with Crippen LogP contribution in [0.2, 0.25) is 0 Å². The molecule has 5 rings (SSSR count). The first-order valence-electron chi connectivity index (χ1n) is 11.3. The molecule has 3 aromatic heterocycles. The van der Waals surface area contributed by atoms with Gasteiger partial charge in [0, 0.05) is 44.1 Å². The molecule has 0 radical (unpaired) electrons. The Labute approximate surface area is 187 Å². The van der Waals surface area contributed by atoms with Gasteiger partial charge in [-0.25, -0.2) is 4.98 Å². The Bertz CT molecular complexity index is 1150. The molecule has 2 aliphatic heterocycles. The van der Waals surface area contributed by atoms with E-state index in [0.29, 0.717) is 31.7 Å². The SMILES string of the molecule is Cc1cnc2ccc(=O)n(CCN3CCC(NCc4cnc5c(c4)OCCO5)CC3)c2c1. The fraction of sp³-hybridized carbons (Fsp3) is 0.458. The molecule has 1 N–H and O–H groups in total. The Kier molecular flexibility index (Phi) is 6.05. The molecule has 32 heavy (non-hydrogen) atoms. The maximum atomic E-state index is 12.5. The minimum absolute atomic E-state index is 0.0366. The van der Waals surface area contributed by atoms with E-state index < -0.39 is 0 Å². The van der Waals surface area contributed by atoms with Crippen LogP contribution in [0.5, 0.6) is 11.6 Å². The van der Waals surface area contributed by atoms with Crippen LogP contribution in [0.1, 0.15) is 24.0 Å². The van der Waals surface area contributed by atoms with E-state index in [1.54, 1.807) is 6.07 Å². The van der Waals surface area contributed by atoms with E-state index in [1.807, 2.05) is 42.1 Å². The second-order valence-electron chi connectivity index (χ2n) is 8.58. The van der Waals surface area contributed by atoms with Gasteiger partial charge in [0.25, 0.3) is 11.4 Å². The minimum Gasteiger partial charge on any atom is -0.484 e. The molecule has 1 fully saturated rings. The summed E-state index contributed by atoms with van der Waals surface area (Å²) >= 11 is 0. The molecule has 0 amide bonds. The number of hydrogen-bond acceptors (Lipinski definition) is 7. The van der Waals surface area contributed by atoms with Crippen LogP contribution in [0.15, 0.2) is 41.5 Å². The second-order valence-corrected chi connectivity index (χ2v) is 8.58. The fourth-order valence-corrected chi connectivity index (χ4v) is 4.43. The number of hydrogen-bond donors (Lipinski definition) is 1. The summed E-state index contributed by atoms with van der Waals surface area (Å²) in [6.45, 7) is 7.50. The van der Waals surface area contributed by atoms with Crippen LogP contribution in [0.3, 0.4) is 0 Å². The second kappa shape index (κ2) is 9.26. The molecular weight excluding hydrogens is 406 g/mol. The van der Waals surface area contributed by atoms with Crippen LogP contribution in [-0.4, -0.2) is 58.3 Å². The topological polar surface area (TPSA) is 81.5 Å². The van der Waals surface area contributed by atoms with Crippen LogP contribution >= 0.6 is 0 Å². The Morgan fingerprint density at radius 1 is 1.06 bits per heavy atom. The molecule has 0 spiro atoms. The summed E-state index contributed by atoms with van der Waals surface area (Å²) in [5.74, 6) is 1.32. The van der Waals surface area contributed by atoms with E-state index in [1.165, 1.54) is 0 Å². The van der Waals surface area contributed by atoms with E-state index in [-0.39, 0.29) is 5.56 Å². The number of likely N-dealkylation sites (tertiary alicyclic amines) is 1. The maximum absolute atomic E-state index is 12.5. The average molecular weight is 436 g/mol. The fourth-order valence-electron chi connectivity index (χ4n) is 4.43. The van der Waals surface area contributed by atoms with Crippen LogP contribution in [0, 0.1) is 6.92 Å². The van der Waals surface area contributed by atoms with Crippen molar-refractivity contribution < 1.29 is 9.47 Å². The lowest BCUT2D eigenvalue weighted by Gasteiger charge is -2.32.